The summed E-state index contributed by atoms with van der Waals surface area (Å²) in [5, 5.41) is 0. The molecule has 3 fully saturated rings. The van der Waals surface area contributed by atoms with Crippen molar-refractivity contribution in [1.29, 1.82) is 0 Å². The lowest BCUT2D eigenvalue weighted by molar-refractivity contribution is -0.148. The third-order valence-corrected chi connectivity index (χ3v) is 6.36. The van der Waals surface area contributed by atoms with Gasteiger partial charge in [-0.3, -0.25) is 14.5 Å². The minimum atomic E-state index is -0.111. The highest BCUT2D eigenvalue weighted by atomic mass is 16.5. The molecule has 0 aromatic rings. The van der Waals surface area contributed by atoms with Gasteiger partial charge in [-0.1, -0.05) is 0 Å². The number of ether oxygens (including phenoxy) is 1. The fraction of sp³-hybridized carbons (Fsp3) is 0.895. The van der Waals surface area contributed by atoms with Gasteiger partial charge < -0.3 is 9.64 Å². The van der Waals surface area contributed by atoms with Gasteiger partial charge in [0.1, 0.15) is 0 Å². The molecule has 0 aromatic heterocycles. The first-order chi connectivity index (χ1) is 11.5. The molecule has 2 aliphatic heterocycles. The lowest BCUT2D eigenvalue weighted by atomic mass is 9.81. The fourth-order valence-electron chi connectivity index (χ4n) is 5.15. The highest BCUT2D eigenvalue weighted by Gasteiger charge is 2.41. The van der Waals surface area contributed by atoms with Crippen LogP contribution in [0, 0.1) is 11.8 Å². The Hall–Kier alpha value is -1.10. The van der Waals surface area contributed by atoms with Crippen molar-refractivity contribution in [3.05, 3.63) is 0 Å². The molecule has 0 unspecified atom stereocenters. The quantitative estimate of drug-likeness (QED) is 0.743. The normalized spacial score (nSPS) is 34.2. The zero-order valence-corrected chi connectivity index (χ0v) is 15.4. The van der Waals surface area contributed by atoms with Gasteiger partial charge >= 0.3 is 5.97 Å². The summed E-state index contributed by atoms with van der Waals surface area (Å²) in [4.78, 5) is 29.4. The van der Waals surface area contributed by atoms with Crippen molar-refractivity contribution in [2.75, 3.05) is 20.2 Å². The second-order valence-electron chi connectivity index (χ2n) is 8.07. The summed E-state index contributed by atoms with van der Waals surface area (Å²) in [6, 6.07) is 1.75. The maximum absolute atomic E-state index is 13.0. The lowest BCUT2D eigenvalue weighted by Crippen LogP contribution is -2.45. The number of carbonyl (C=O) groups is 2. The van der Waals surface area contributed by atoms with E-state index in [0.717, 1.165) is 45.2 Å². The molecule has 1 amide bonds. The van der Waals surface area contributed by atoms with Crippen LogP contribution in [0.1, 0.15) is 58.8 Å². The molecule has 3 rings (SSSR count). The van der Waals surface area contributed by atoms with E-state index >= 15 is 0 Å². The second-order valence-corrected chi connectivity index (χ2v) is 8.07. The van der Waals surface area contributed by atoms with Crippen LogP contribution in [0.25, 0.3) is 0 Å². The number of nitrogens with zero attached hydrogens (tertiary/aromatic N) is 2. The first-order valence-corrected chi connectivity index (χ1v) is 9.65. The minimum Gasteiger partial charge on any atom is -0.469 e. The van der Waals surface area contributed by atoms with E-state index in [4.69, 9.17) is 4.74 Å². The molecule has 136 valence electrons. The zero-order valence-electron chi connectivity index (χ0n) is 15.4. The molecule has 0 spiro atoms. The molecule has 24 heavy (non-hydrogen) atoms. The van der Waals surface area contributed by atoms with Gasteiger partial charge in [-0.25, -0.2) is 0 Å². The van der Waals surface area contributed by atoms with E-state index < -0.39 is 0 Å². The van der Waals surface area contributed by atoms with Gasteiger partial charge in [-0.15, -0.1) is 0 Å². The largest absolute Gasteiger partial charge is 0.469 e. The molecule has 0 radical (unpaired) electrons. The van der Waals surface area contributed by atoms with Crippen molar-refractivity contribution in [2.45, 2.75) is 76.9 Å². The van der Waals surface area contributed by atoms with E-state index in [2.05, 4.69) is 23.6 Å². The summed E-state index contributed by atoms with van der Waals surface area (Å²) in [7, 11) is 1.45. The predicted molar refractivity (Wildman–Crippen MR) is 92.4 cm³/mol. The number of hydrogen-bond acceptors (Lipinski definition) is 4. The van der Waals surface area contributed by atoms with Crippen molar-refractivity contribution in [3.63, 3.8) is 0 Å². The summed E-state index contributed by atoms with van der Waals surface area (Å²) >= 11 is 0. The summed E-state index contributed by atoms with van der Waals surface area (Å²) in [5.74, 6) is 0.320. The Morgan fingerprint density at radius 1 is 0.917 bits per heavy atom. The third kappa shape index (κ3) is 3.46. The Balaban J connectivity index is 1.58. The average molecular weight is 336 g/mol. The van der Waals surface area contributed by atoms with Crippen LogP contribution in [0.3, 0.4) is 0 Å². The van der Waals surface area contributed by atoms with Crippen LogP contribution in [0.5, 0.6) is 0 Å². The van der Waals surface area contributed by atoms with Gasteiger partial charge in [0, 0.05) is 37.1 Å². The first-order valence-electron chi connectivity index (χ1n) is 9.65. The molecule has 3 aliphatic rings. The maximum Gasteiger partial charge on any atom is 0.308 e. The molecule has 0 N–H and O–H groups in total. The molecule has 1 aliphatic carbocycles. The molecular weight excluding hydrogens is 304 g/mol. The highest BCUT2D eigenvalue weighted by molar-refractivity contribution is 5.79. The number of fused-ring (bicyclic) bond motifs is 2. The van der Waals surface area contributed by atoms with Crippen molar-refractivity contribution < 1.29 is 14.3 Å². The number of amides is 1. The zero-order chi connectivity index (χ0) is 17.3. The molecule has 5 heteroatoms. The molecule has 0 aromatic carbocycles. The smallest absolute Gasteiger partial charge is 0.308 e. The number of hydrogen-bond donors (Lipinski definition) is 0. The number of carbonyl (C=O) groups excluding carboxylic acids is 2. The standard InChI is InChI=1S/C19H32N2O3/c1-13(2)21-16-8-9-17(21)12-20(11-10-16)18(22)14-4-6-15(7-5-14)19(23)24-3/h13-17H,4-12H2,1-3H3/t14?,15?,16-,17+/m1/s1. The molecule has 5 nitrogen and oxygen atoms in total. The number of likely N-dealkylation sites (tertiary alicyclic amines) is 1. The Kier molecular flexibility index (Phi) is 5.48. The van der Waals surface area contributed by atoms with Gasteiger partial charge in [0.05, 0.1) is 13.0 Å². The van der Waals surface area contributed by atoms with Gasteiger partial charge in [0.2, 0.25) is 5.91 Å². The van der Waals surface area contributed by atoms with Crippen LogP contribution in [0.15, 0.2) is 0 Å². The van der Waals surface area contributed by atoms with Crippen LogP contribution >= 0.6 is 0 Å². The topological polar surface area (TPSA) is 49.9 Å². The Labute approximate surface area is 145 Å². The van der Waals surface area contributed by atoms with Gasteiger partial charge in [0.25, 0.3) is 0 Å². The molecular formula is C19H32N2O3. The van der Waals surface area contributed by atoms with Crippen molar-refractivity contribution in [1.82, 2.24) is 9.80 Å². The summed E-state index contributed by atoms with van der Waals surface area (Å²) < 4.78 is 4.85. The van der Waals surface area contributed by atoms with Crippen LogP contribution in [-0.2, 0) is 14.3 Å². The third-order valence-electron chi connectivity index (χ3n) is 6.36. The molecule has 2 bridgehead atoms. The Morgan fingerprint density at radius 3 is 2.17 bits per heavy atom. The summed E-state index contributed by atoms with van der Waals surface area (Å²) in [6.45, 7) is 6.35. The first kappa shape index (κ1) is 17.7. The van der Waals surface area contributed by atoms with Gasteiger partial charge in [-0.05, 0) is 58.8 Å². The number of rotatable bonds is 3. The van der Waals surface area contributed by atoms with Crippen LogP contribution < -0.4 is 0 Å². The van der Waals surface area contributed by atoms with Gasteiger partial charge in [0.15, 0.2) is 0 Å². The van der Waals surface area contributed by atoms with E-state index in [1.54, 1.807) is 0 Å². The second kappa shape index (κ2) is 7.42. The SMILES string of the molecule is COC(=O)C1CCC(C(=O)N2CC[C@H]3CC[C@@H](C2)N3C(C)C)CC1. The lowest BCUT2D eigenvalue weighted by Gasteiger charge is -2.34. The highest BCUT2D eigenvalue weighted by Crippen LogP contribution is 2.35. The van der Waals surface area contributed by atoms with E-state index in [1.165, 1.54) is 20.0 Å². The molecule has 2 saturated heterocycles. The average Bonchev–Trinajstić information content (AvgIpc) is 2.88. The van der Waals surface area contributed by atoms with Crippen LogP contribution in [0.2, 0.25) is 0 Å². The summed E-state index contributed by atoms with van der Waals surface area (Å²) in [5.41, 5.74) is 0. The fourth-order valence-corrected chi connectivity index (χ4v) is 5.15. The van der Waals surface area contributed by atoms with E-state index in [-0.39, 0.29) is 17.8 Å². The number of esters is 1. The predicted octanol–water partition coefficient (Wildman–Crippen LogP) is 2.44. The van der Waals surface area contributed by atoms with Gasteiger partial charge in [-0.2, -0.15) is 0 Å². The van der Waals surface area contributed by atoms with Crippen molar-refractivity contribution in [2.24, 2.45) is 11.8 Å². The van der Waals surface area contributed by atoms with E-state index in [9.17, 15) is 9.59 Å². The molecule has 2 heterocycles. The van der Waals surface area contributed by atoms with E-state index in [1.807, 2.05) is 0 Å². The molecule has 1 saturated carbocycles. The van der Waals surface area contributed by atoms with Crippen LogP contribution in [0.4, 0.5) is 0 Å². The van der Waals surface area contributed by atoms with Crippen LogP contribution in [-0.4, -0.2) is 60.0 Å². The summed E-state index contributed by atoms with van der Waals surface area (Å²) in [6.07, 6.45) is 6.87. The Bertz CT molecular complexity index is 471. The maximum atomic E-state index is 13.0. The Morgan fingerprint density at radius 2 is 1.54 bits per heavy atom. The number of methoxy groups -OCH3 is 1. The van der Waals surface area contributed by atoms with Crippen molar-refractivity contribution >= 4 is 11.9 Å². The van der Waals surface area contributed by atoms with Crippen molar-refractivity contribution in [3.8, 4) is 0 Å². The monoisotopic (exact) mass is 336 g/mol. The minimum absolute atomic E-state index is 0.00405. The molecule has 2 atom stereocenters. The van der Waals surface area contributed by atoms with E-state index in [0.29, 0.717) is 24.0 Å².